The largest absolute Gasteiger partial charge is 0.488 e. The average molecular weight is 402 g/mol. The number of ether oxygens (including phenoxy) is 1. The number of hydrogen-bond donors (Lipinski definition) is 1. The van der Waals surface area contributed by atoms with Gasteiger partial charge in [0.1, 0.15) is 12.4 Å². The Labute approximate surface area is 172 Å². The van der Waals surface area contributed by atoms with E-state index in [2.05, 4.69) is 28.5 Å². The SMILES string of the molecule is CC(=O)NC1=NC(=O)C(=Cc2ccccc2OCc2cccc3ccccc23)S1. The highest BCUT2D eigenvalue weighted by molar-refractivity contribution is 8.18. The fourth-order valence-electron chi connectivity index (χ4n) is 3.06. The number of nitrogens with one attached hydrogen (secondary N) is 1. The van der Waals surface area contributed by atoms with Gasteiger partial charge in [-0.1, -0.05) is 60.7 Å². The van der Waals surface area contributed by atoms with Crippen molar-refractivity contribution in [3.8, 4) is 5.75 Å². The summed E-state index contributed by atoms with van der Waals surface area (Å²) in [4.78, 5) is 27.6. The Hall–Kier alpha value is -3.38. The summed E-state index contributed by atoms with van der Waals surface area (Å²) in [6.07, 6.45) is 1.74. The third-order valence-corrected chi connectivity index (χ3v) is 5.27. The van der Waals surface area contributed by atoms with E-state index in [1.165, 1.54) is 12.3 Å². The Bertz CT molecular complexity index is 1160. The quantitative estimate of drug-likeness (QED) is 0.652. The molecule has 0 bridgehead atoms. The Morgan fingerprint density at radius 3 is 2.69 bits per heavy atom. The maximum absolute atomic E-state index is 12.1. The number of benzene rings is 3. The van der Waals surface area contributed by atoms with Crippen molar-refractivity contribution in [2.24, 2.45) is 4.99 Å². The van der Waals surface area contributed by atoms with Crippen molar-refractivity contribution in [2.75, 3.05) is 0 Å². The molecule has 0 saturated carbocycles. The van der Waals surface area contributed by atoms with Crippen LogP contribution in [-0.4, -0.2) is 17.0 Å². The lowest BCUT2D eigenvalue weighted by molar-refractivity contribution is -0.117. The van der Waals surface area contributed by atoms with Gasteiger partial charge in [-0.15, -0.1) is 0 Å². The number of nitrogens with zero attached hydrogens (tertiary/aromatic N) is 1. The Balaban J connectivity index is 1.55. The second-order valence-electron chi connectivity index (χ2n) is 6.48. The monoisotopic (exact) mass is 402 g/mol. The van der Waals surface area contributed by atoms with E-state index in [1.807, 2.05) is 48.5 Å². The van der Waals surface area contributed by atoms with Crippen LogP contribution in [0.3, 0.4) is 0 Å². The molecule has 0 saturated heterocycles. The van der Waals surface area contributed by atoms with E-state index in [0.29, 0.717) is 22.4 Å². The van der Waals surface area contributed by atoms with Crippen molar-refractivity contribution in [2.45, 2.75) is 13.5 Å². The molecular formula is C23H18N2O3S. The molecule has 1 heterocycles. The molecule has 2 amide bonds. The zero-order chi connectivity index (χ0) is 20.2. The smallest absolute Gasteiger partial charge is 0.286 e. The predicted molar refractivity (Wildman–Crippen MR) is 117 cm³/mol. The first-order chi connectivity index (χ1) is 14.1. The highest BCUT2D eigenvalue weighted by Gasteiger charge is 2.23. The van der Waals surface area contributed by atoms with Crippen molar-refractivity contribution in [3.05, 3.63) is 82.8 Å². The van der Waals surface area contributed by atoms with E-state index < -0.39 is 0 Å². The first-order valence-corrected chi connectivity index (χ1v) is 9.90. The number of thioether (sulfide) groups is 1. The van der Waals surface area contributed by atoms with Crippen LogP contribution in [0.5, 0.6) is 5.75 Å². The van der Waals surface area contributed by atoms with Gasteiger partial charge in [-0.05, 0) is 40.2 Å². The zero-order valence-corrected chi connectivity index (χ0v) is 16.5. The van der Waals surface area contributed by atoms with E-state index in [-0.39, 0.29) is 11.8 Å². The number of fused-ring (bicyclic) bond motifs is 1. The molecule has 0 spiro atoms. The second kappa shape index (κ2) is 8.32. The number of amides is 2. The molecule has 0 aromatic heterocycles. The van der Waals surface area contributed by atoms with Crippen LogP contribution in [0.2, 0.25) is 0 Å². The summed E-state index contributed by atoms with van der Waals surface area (Å²) in [7, 11) is 0. The van der Waals surface area contributed by atoms with Gasteiger partial charge in [-0.25, -0.2) is 0 Å². The average Bonchev–Trinajstić information content (AvgIpc) is 3.05. The van der Waals surface area contributed by atoms with E-state index in [0.717, 1.165) is 28.3 Å². The molecule has 0 radical (unpaired) electrons. The van der Waals surface area contributed by atoms with Crippen molar-refractivity contribution >= 4 is 45.6 Å². The number of amidine groups is 1. The summed E-state index contributed by atoms with van der Waals surface area (Å²) >= 11 is 1.14. The first kappa shape index (κ1) is 19.0. The van der Waals surface area contributed by atoms with E-state index in [9.17, 15) is 9.59 Å². The molecule has 6 heteroatoms. The van der Waals surface area contributed by atoms with Gasteiger partial charge in [0.05, 0.1) is 4.91 Å². The van der Waals surface area contributed by atoms with Crippen LogP contribution < -0.4 is 10.1 Å². The zero-order valence-electron chi connectivity index (χ0n) is 15.7. The minimum absolute atomic E-state index is 0.260. The van der Waals surface area contributed by atoms with Crippen molar-refractivity contribution < 1.29 is 14.3 Å². The molecule has 0 aliphatic carbocycles. The molecule has 1 N–H and O–H groups in total. The topological polar surface area (TPSA) is 67.8 Å². The molecule has 5 nitrogen and oxygen atoms in total. The van der Waals surface area contributed by atoms with Crippen molar-refractivity contribution in [1.82, 2.24) is 5.32 Å². The van der Waals surface area contributed by atoms with E-state index in [4.69, 9.17) is 4.74 Å². The lowest BCUT2D eigenvalue weighted by atomic mass is 10.1. The Morgan fingerprint density at radius 2 is 1.83 bits per heavy atom. The van der Waals surface area contributed by atoms with Gasteiger partial charge < -0.3 is 10.1 Å². The fourth-order valence-corrected chi connectivity index (χ4v) is 3.91. The van der Waals surface area contributed by atoms with Crippen LogP contribution in [0, 0.1) is 0 Å². The summed E-state index contributed by atoms with van der Waals surface area (Å²) in [6.45, 7) is 1.79. The van der Waals surface area contributed by atoms with Crippen molar-refractivity contribution in [1.29, 1.82) is 0 Å². The number of carbonyl (C=O) groups excluding carboxylic acids is 2. The Morgan fingerprint density at radius 1 is 1.07 bits per heavy atom. The normalized spacial score (nSPS) is 14.9. The molecule has 3 aromatic carbocycles. The van der Waals surface area contributed by atoms with Gasteiger partial charge >= 0.3 is 0 Å². The van der Waals surface area contributed by atoms with Crippen LogP contribution in [0.25, 0.3) is 16.8 Å². The summed E-state index contributed by atoms with van der Waals surface area (Å²) < 4.78 is 6.10. The van der Waals surface area contributed by atoms with Crippen LogP contribution in [0.4, 0.5) is 0 Å². The lowest BCUT2D eigenvalue weighted by Gasteiger charge is -2.11. The molecule has 3 aromatic rings. The summed E-state index contributed by atoms with van der Waals surface area (Å²) in [5.74, 6) is 0.0426. The maximum Gasteiger partial charge on any atom is 0.286 e. The number of carbonyl (C=O) groups is 2. The van der Waals surface area contributed by atoms with Gasteiger partial charge in [0.25, 0.3) is 5.91 Å². The molecular weight excluding hydrogens is 384 g/mol. The van der Waals surface area contributed by atoms with Crippen LogP contribution >= 0.6 is 11.8 Å². The molecule has 0 atom stereocenters. The second-order valence-corrected chi connectivity index (χ2v) is 7.51. The third kappa shape index (κ3) is 4.38. The number of hydrogen-bond acceptors (Lipinski definition) is 4. The minimum Gasteiger partial charge on any atom is -0.488 e. The van der Waals surface area contributed by atoms with E-state index >= 15 is 0 Å². The number of aliphatic imine (C=N–C) groups is 1. The predicted octanol–water partition coefficient (Wildman–Crippen LogP) is 4.53. The highest BCUT2D eigenvalue weighted by Crippen LogP contribution is 2.31. The van der Waals surface area contributed by atoms with Crippen LogP contribution in [-0.2, 0) is 16.2 Å². The summed E-state index contributed by atoms with van der Waals surface area (Å²) in [5, 5.41) is 5.16. The van der Waals surface area contributed by atoms with Crippen LogP contribution in [0.1, 0.15) is 18.1 Å². The van der Waals surface area contributed by atoms with Gasteiger partial charge in [0.15, 0.2) is 5.17 Å². The van der Waals surface area contributed by atoms with Crippen LogP contribution in [0.15, 0.2) is 76.6 Å². The lowest BCUT2D eigenvalue weighted by Crippen LogP contribution is -2.23. The van der Waals surface area contributed by atoms with Gasteiger partial charge in [0.2, 0.25) is 5.91 Å². The fraction of sp³-hybridized carbons (Fsp3) is 0.0870. The van der Waals surface area contributed by atoms with Gasteiger partial charge in [0, 0.05) is 12.5 Å². The molecule has 0 unspecified atom stereocenters. The maximum atomic E-state index is 12.1. The standard InChI is InChI=1S/C23H18N2O3S/c1-15(26)24-23-25-22(27)21(29-23)13-17-8-3-5-12-20(17)28-14-18-10-6-9-16-7-2-4-11-19(16)18/h2-13H,14H2,1H3,(H,24,25,26,27). The minimum atomic E-state index is -0.373. The van der Waals surface area contributed by atoms with Gasteiger partial charge in [-0.3, -0.25) is 9.59 Å². The molecule has 1 aliphatic heterocycles. The number of rotatable bonds is 4. The third-order valence-electron chi connectivity index (χ3n) is 4.37. The molecule has 0 fully saturated rings. The Kier molecular flexibility index (Phi) is 5.44. The summed E-state index contributed by atoms with van der Waals surface area (Å²) in [6, 6.07) is 21.9. The molecule has 29 heavy (non-hydrogen) atoms. The van der Waals surface area contributed by atoms with Crippen molar-refractivity contribution in [3.63, 3.8) is 0 Å². The number of para-hydroxylation sites is 1. The molecule has 4 rings (SSSR count). The molecule has 144 valence electrons. The molecule has 1 aliphatic rings. The highest BCUT2D eigenvalue weighted by atomic mass is 32.2. The summed E-state index contributed by atoms with van der Waals surface area (Å²) in [5.41, 5.74) is 1.87. The first-order valence-electron chi connectivity index (χ1n) is 9.09. The van der Waals surface area contributed by atoms with Gasteiger partial charge in [-0.2, -0.15) is 4.99 Å². The van der Waals surface area contributed by atoms with E-state index in [1.54, 1.807) is 6.08 Å².